The van der Waals surface area contributed by atoms with Crippen molar-refractivity contribution in [3.63, 3.8) is 0 Å². The van der Waals surface area contributed by atoms with E-state index >= 15 is 0 Å². The highest BCUT2D eigenvalue weighted by Crippen LogP contribution is 2.15. The summed E-state index contributed by atoms with van der Waals surface area (Å²) in [4.78, 5) is 26.1. The van der Waals surface area contributed by atoms with Crippen molar-refractivity contribution in [1.82, 2.24) is 9.91 Å². The number of hydrazone groups is 1. The Morgan fingerprint density at radius 3 is 2.68 bits per heavy atom. The number of rotatable bonds is 5. The van der Waals surface area contributed by atoms with Gasteiger partial charge in [0.15, 0.2) is 0 Å². The van der Waals surface area contributed by atoms with Crippen LogP contribution in [-0.2, 0) is 14.3 Å². The fourth-order valence-electron chi connectivity index (χ4n) is 3.01. The first-order valence-corrected chi connectivity index (χ1v) is 8.56. The Kier molecular flexibility index (Phi) is 5.75. The lowest BCUT2D eigenvalue weighted by Crippen LogP contribution is -2.46. The van der Waals surface area contributed by atoms with Crippen LogP contribution < -0.4 is 0 Å². The van der Waals surface area contributed by atoms with E-state index < -0.39 is 12.8 Å². The topological polar surface area (TPSA) is 62.2 Å². The Morgan fingerprint density at radius 2 is 1.92 bits per heavy atom. The van der Waals surface area contributed by atoms with E-state index in [1.165, 1.54) is 5.01 Å². The summed E-state index contributed by atoms with van der Waals surface area (Å²) in [5.74, 6) is -0.295. The van der Waals surface area contributed by atoms with Crippen molar-refractivity contribution < 1.29 is 18.7 Å². The van der Waals surface area contributed by atoms with Gasteiger partial charge in [0.25, 0.3) is 0 Å². The Labute approximate surface area is 146 Å². The van der Waals surface area contributed by atoms with Crippen LogP contribution in [0.5, 0.6) is 0 Å². The number of alkyl halides is 1. The molecule has 0 N–H and O–H groups in total. The Hall–Kier alpha value is -2.28. The quantitative estimate of drug-likeness (QED) is 0.813. The monoisotopic (exact) mass is 347 g/mol. The van der Waals surface area contributed by atoms with E-state index in [1.807, 2.05) is 30.3 Å². The summed E-state index contributed by atoms with van der Waals surface area (Å²) in [5.41, 5.74) is 1.90. The largest absolute Gasteiger partial charge is 0.372 e. The maximum Gasteiger partial charge on any atom is 0.243 e. The average molecular weight is 347 g/mol. The Morgan fingerprint density at radius 1 is 1.16 bits per heavy atom. The van der Waals surface area contributed by atoms with Gasteiger partial charge < -0.3 is 9.64 Å². The molecule has 6 nitrogen and oxygen atoms in total. The summed E-state index contributed by atoms with van der Waals surface area (Å²) in [6.45, 7) is 0.977. The fraction of sp³-hybridized carbons (Fsp3) is 0.500. The van der Waals surface area contributed by atoms with Gasteiger partial charge in [-0.25, -0.2) is 9.40 Å². The molecule has 1 saturated heterocycles. The minimum absolute atomic E-state index is 0.113. The molecule has 0 bridgehead atoms. The van der Waals surface area contributed by atoms with Gasteiger partial charge in [0.2, 0.25) is 11.8 Å². The Bertz CT molecular complexity index is 650. The normalized spacial score (nSPS) is 20.5. The zero-order valence-electron chi connectivity index (χ0n) is 14.1. The van der Waals surface area contributed by atoms with Crippen LogP contribution in [0.4, 0.5) is 4.39 Å². The van der Waals surface area contributed by atoms with Crippen LogP contribution in [-0.4, -0.2) is 66.5 Å². The van der Waals surface area contributed by atoms with E-state index in [0.717, 1.165) is 11.3 Å². The zero-order valence-corrected chi connectivity index (χ0v) is 14.1. The van der Waals surface area contributed by atoms with E-state index in [0.29, 0.717) is 26.1 Å². The Balaban J connectivity index is 1.50. The van der Waals surface area contributed by atoms with Crippen LogP contribution in [0, 0.1) is 0 Å². The second-order valence-electron chi connectivity index (χ2n) is 6.17. The lowest BCUT2D eigenvalue weighted by Gasteiger charge is -2.31. The van der Waals surface area contributed by atoms with E-state index in [-0.39, 0.29) is 31.2 Å². The standard InChI is InChI=1S/C18H22FN3O3/c19-12-15-13-21(10-11-25-15)17(23)6-7-18(24)22-9-8-16(20-22)14-4-2-1-3-5-14/h1-5,15H,6-13H2/t15-/m1/s1. The van der Waals surface area contributed by atoms with Gasteiger partial charge >= 0.3 is 0 Å². The molecule has 2 amide bonds. The lowest BCUT2D eigenvalue weighted by molar-refractivity contribution is -0.142. The molecule has 134 valence electrons. The third-order valence-electron chi connectivity index (χ3n) is 4.41. The van der Waals surface area contributed by atoms with Crippen LogP contribution in [0.3, 0.4) is 0 Å². The highest BCUT2D eigenvalue weighted by Gasteiger charge is 2.26. The first kappa shape index (κ1) is 17.5. The van der Waals surface area contributed by atoms with Gasteiger partial charge in [-0.1, -0.05) is 30.3 Å². The molecule has 1 atom stereocenters. The van der Waals surface area contributed by atoms with Gasteiger partial charge in [-0.3, -0.25) is 9.59 Å². The highest BCUT2D eigenvalue weighted by molar-refractivity contribution is 6.02. The number of amides is 2. The summed E-state index contributed by atoms with van der Waals surface area (Å²) in [6.07, 6.45) is 0.391. The van der Waals surface area contributed by atoms with Gasteiger partial charge in [-0.15, -0.1) is 0 Å². The third-order valence-corrected chi connectivity index (χ3v) is 4.41. The number of carbonyl (C=O) groups excluding carboxylic acids is 2. The molecule has 25 heavy (non-hydrogen) atoms. The molecule has 2 aliphatic heterocycles. The minimum atomic E-state index is -0.604. The number of nitrogens with zero attached hydrogens (tertiary/aromatic N) is 3. The van der Waals surface area contributed by atoms with Crippen molar-refractivity contribution in [3.8, 4) is 0 Å². The van der Waals surface area contributed by atoms with Crippen LogP contribution >= 0.6 is 0 Å². The maximum absolute atomic E-state index is 12.7. The van der Waals surface area contributed by atoms with Gasteiger partial charge in [-0.2, -0.15) is 5.10 Å². The van der Waals surface area contributed by atoms with E-state index in [4.69, 9.17) is 4.74 Å². The third kappa shape index (κ3) is 4.42. The van der Waals surface area contributed by atoms with E-state index in [9.17, 15) is 14.0 Å². The van der Waals surface area contributed by atoms with Crippen molar-refractivity contribution >= 4 is 17.5 Å². The summed E-state index contributed by atoms with van der Waals surface area (Å²) in [5, 5.41) is 5.82. The molecule has 0 saturated carbocycles. The number of halogens is 1. The lowest BCUT2D eigenvalue weighted by atomic mass is 10.1. The van der Waals surface area contributed by atoms with Crippen LogP contribution in [0.25, 0.3) is 0 Å². The number of morpholine rings is 1. The molecule has 3 rings (SSSR count). The molecule has 1 fully saturated rings. The SMILES string of the molecule is O=C(CCC(=O)N1CCC(c2ccccc2)=N1)N1CCO[C@H](CF)C1. The first-order valence-electron chi connectivity index (χ1n) is 8.56. The van der Waals surface area contributed by atoms with E-state index in [1.54, 1.807) is 4.90 Å². The highest BCUT2D eigenvalue weighted by atomic mass is 19.1. The number of hydrogen-bond acceptors (Lipinski definition) is 4. The van der Waals surface area contributed by atoms with Crippen molar-refractivity contribution in [2.45, 2.75) is 25.4 Å². The van der Waals surface area contributed by atoms with E-state index in [2.05, 4.69) is 5.10 Å². The molecular weight excluding hydrogens is 325 g/mol. The summed E-state index contributed by atoms with van der Waals surface area (Å²) >= 11 is 0. The molecule has 0 spiro atoms. The number of ether oxygens (including phenoxy) is 1. The van der Waals surface area contributed by atoms with Gasteiger partial charge in [0, 0.05) is 32.4 Å². The summed E-state index contributed by atoms with van der Waals surface area (Å²) in [7, 11) is 0. The molecule has 7 heteroatoms. The van der Waals surface area contributed by atoms with Gasteiger partial charge in [-0.05, 0) is 5.56 Å². The smallest absolute Gasteiger partial charge is 0.243 e. The average Bonchev–Trinajstić information content (AvgIpc) is 3.17. The summed E-state index contributed by atoms with van der Waals surface area (Å²) < 4.78 is 17.9. The fourth-order valence-corrected chi connectivity index (χ4v) is 3.01. The maximum atomic E-state index is 12.7. The molecular formula is C18H22FN3O3. The van der Waals surface area contributed by atoms with Crippen LogP contribution in [0.1, 0.15) is 24.8 Å². The van der Waals surface area contributed by atoms with Crippen LogP contribution in [0.2, 0.25) is 0 Å². The molecule has 1 aromatic rings. The first-order chi connectivity index (χ1) is 12.2. The van der Waals surface area contributed by atoms with Crippen LogP contribution in [0.15, 0.2) is 35.4 Å². The van der Waals surface area contributed by atoms with Crippen molar-refractivity contribution in [1.29, 1.82) is 0 Å². The second-order valence-corrected chi connectivity index (χ2v) is 6.17. The molecule has 0 aliphatic carbocycles. The molecule has 2 aliphatic rings. The second kappa shape index (κ2) is 8.20. The number of benzene rings is 1. The molecule has 0 unspecified atom stereocenters. The molecule has 0 radical (unpaired) electrons. The van der Waals surface area contributed by atoms with Gasteiger partial charge in [0.05, 0.1) is 18.9 Å². The van der Waals surface area contributed by atoms with Crippen molar-refractivity contribution in [2.75, 3.05) is 32.9 Å². The van der Waals surface area contributed by atoms with Gasteiger partial charge in [0.1, 0.15) is 12.8 Å². The molecule has 1 aromatic carbocycles. The molecule has 2 heterocycles. The number of hydrogen-bond donors (Lipinski definition) is 0. The number of carbonyl (C=O) groups is 2. The minimum Gasteiger partial charge on any atom is -0.372 e. The summed E-state index contributed by atoms with van der Waals surface area (Å²) in [6, 6.07) is 9.75. The predicted molar refractivity (Wildman–Crippen MR) is 90.8 cm³/mol. The van der Waals surface area contributed by atoms with Crippen molar-refractivity contribution in [3.05, 3.63) is 35.9 Å². The predicted octanol–water partition coefficient (Wildman–Crippen LogP) is 1.60. The zero-order chi connectivity index (χ0) is 17.6. The molecule has 0 aromatic heterocycles. The van der Waals surface area contributed by atoms with Crippen molar-refractivity contribution in [2.24, 2.45) is 5.10 Å².